The summed E-state index contributed by atoms with van der Waals surface area (Å²) in [5.74, 6) is -1.99. The summed E-state index contributed by atoms with van der Waals surface area (Å²) >= 11 is 0. The molecular weight excluding hydrogens is 385 g/mol. The molecule has 7 heteroatoms. The second-order valence-corrected chi connectivity index (χ2v) is 7.32. The molecule has 0 aromatic heterocycles. The first-order chi connectivity index (χ1) is 13.8. The van der Waals surface area contributed by atoms with E-state index in [-0.39, 0.29) is 6.61 Å². The van der Waals surface area contributed by atoms with Crippen LogP contribution in [0.2, 0.25) is 0 Å². The van der Waals surface area contributed by atoms with Gasteiger partial charge in [-0.15, -0.1) is 0 Å². The first-order valence-corrected chi connectivity index (χ1v) is 10.9. The van der Waals surface area contributed by atoms with Crippen LogP contribution in [0.3, 0.4) is 0 Å². The first-order valence-electron chi connectivity index (χ1n) is 10.9. The summed E-state index contributed by atoms with van der Waals surface area (Å²) in [6, 6.07) is 0. The van der Waals surface area contributed by atoms with Crippen LogP contribution in [0.15, 0.2) is 12.2 Å². The van der Waals surface area contributed by atoms with Gasteiger partial charge in [0.05, 0.1) is 6.61 Å². The lowest BCUT2D eigenvalue weighted by molar-refractivity contribution is -0.182. The van der Waals surface area contributed by atoms with Crippen LogP contribution >= 0.6 is 0 Å². The quantitative estimate of drug-likeness (QED) is 0.141. The molecule has 0 rings (SSSR count). The van der Waals surface area contributed by atoms with Gasteiger partial charge in [-0.05, 0) is 6.42 Å². The van der Waals surface area contributed by atoms with Gasteiger partial charge in [0.25, 0.3) is 0 Å². The van der Waals surface area contributed by atoms with E-state index in [1.54, 1.807) is 0 Å². The van der Waals surface area contributed by atoms with Gasteiger partial charge >= 0.3 is 18.1 Å². The van der Waals surface area contributed by atoms with Gasteiger partial charge in [-0.3, -0.25) is 0 Å². The molecule has 170 valence electrons. The third kappa shape index (κ3) is 22.6. The average Bonchev–Trinajstić information content (AvgIpc) is 2.67. The highest BCUT2D eigenvalue weighted by atomic mass is 19.4. The predicted octanol–water partition coefficient (Wildman–Crippen LogP) is 6.67. The van der Waals surface area contributed by atoms with Crippen LogP contribution in [0.5, 0.6) is 0 Å². The molecular formula is C22H37F3O4. The Hall–Kier alpha value is -1.53. The van der Waals surface area contributed by atoms with Crippen molar-refractivity contribution < 1.29 is 32.2 Å². The molecule has 0 spiro atoms. The zero-order valence-electron chi connectivity index (χ0n) is 17.7. The SMILES string of the molecule is CCCCCCCCCCCCCCCCOC(=O)/C=C/C(=O)OCC(F)(F)F. The van der Waals surface area contributed by atoms with Crippen molar-refractivity contribution in [3.8, 4) is 0 Å². The van der Waals surface area contributed by atoms with Crippen LogP contribution in [0, 0.1) is 0 Å². The van der Waals surface area contributed by atoms with E-state index in [0.717, 1.165) is 25.3 Å². The summed E-state index contributed by atoms with van der Waals surface area (Å²) in [5.41, 5.74) is 0. The summed E-state index contributed by atoms with van der Waals surface area (Å²) < 4.78 is 44.4. The van der Waals surface area contributed by atoms with Crippen LogP contribution in [0.4, 0.5) is 13.2 Å². The maximum atomic E-state index is 11.9. The van der Waals surface area contributed by atoms with Crippen molar-refractivity contribution in [2.45, 2.75) is 103 Å². The molecule has 0 amide bonds. The molecule has 0 saturated carbocycles. The molecule has 0 bridgehead atoms. The van der Waals surface area contributed by atoms with Crippen molar-refractivity contribution in [3.05, 3.63) is 12.2 Å². The maximum Gasteiger partial charge on any atom is 0.422 e. The minimum absolute atomic E-state index is 0.235. The van der Waals surface area contributed by atoms with Gasteiger partial charge in [0.15, 0.2) is 6.61 Å². The van der Waals surface area contributed by atoms with Crippen LogP contribution in [0.1, 0.15) is 96.8 Å². The Bertz CT molecular complexity index is 448. The molecule has 0 saturated heterocycles. The van der Waals surface area contributed by atoms with Crippen molar-refractivity contribution in [1.82, 2.24) is 0 Å². The second-order valence-electron chi connectivity index (χ2n) is 7.32. The van der Waals surface area contributed by atoms with Crippen molar-refractivity contribution in [1.29, 1.82) is 0 Å². The molecule has 0 aromatic rings. The van der Waals surface area contributed by atoms with Gasteiger partial charge in [-0.25, -0.2) is 9.59 Å². The fourth-order valence-corrected chi connectivity index (χ4v) is 2.85. The van der Waals surface area contributed by atoms with Gasteiger partial charge in [0.1, 0.15) is 0 Å². The number of ether oxygens (including phenoxy) is 2. The van der Waals surface area contributed by atoms with Crippen molar-refractivity contribution in [2.75, 3.05) is 13.2 Å². The maximum absolute atomic E-state index is 11.9. The van der Waals surface area contributed by atoms with Crippen LogP contribution < -0.4 is 0 Å². The van der Waals surface area contributed by atoms with Gasteiger partial charge < -0.3 is 9.47 Å². The summed E-state index contributed by atoms with van der Waals surface area (Å²) in [5, 5.41) is 0. The third-order valence-electron chi connectivity index (χ3n) is 4.48. The lowest BCUT2D eigenvalue weighted by Gasteiger charge is -2.05. The average molecular weight is 423 g/mol. The molecule has 0 atom stereocenters. The zero-order valence-corrected chi connectivity index (χ0v) is 17.7. The fraction of sp³-hybridized carbons (Fsp3) is 0.818. The number of unbranched alkanes of at least 4 members (excludes halogenated alkanes) is 13. The standard InChI is InChI=1S/C22H37F3O4/c1-2-3-4-5-6-7-8-9-10-11-12-13-14-15-18-28-20(26)16-17-21(27)29-19-22(23,24)25/h16-17H,2-15,18-19H2,1H3/b17-16+. The molecule has 0 aliphatic rings. The van der Waals surface area contributed by atoms with E-state index in [2.05, 4.69) is 11.7 Å². The molecule has 0 radical (unpaired) electrons. The van der Waals surface area contributed by atoms with Gasteiger partial charge in [0.2, 0.25) is 0 Å². The number of hydrogen-bond donors (Lipinski definition) is 0. The summed E-state index contributed by atoms with van der Waals surface area (Å²) in [4.78, 5) is 22.3. The van der Waals surface area contributed by atoms with E-state index >= 15 is 0 Å². The largest absolute Gasteiger partial charge is 0.463 e. The highest BCUT2D eigenvalue weighted by Crippen LogP contribution is 2.14. The number of alkyl halides is 3. The van der Waals surface area contributed by atoms with Crippen molar-refractivity contribution >= 4 is 11.9 Å². The van der Waals surface area contributed by atoms with E-state index in [4.69, 9.17) is 4.74 Å². The summed E-state index contributed by atoms with van der Waals surface area (Å²) in [6.07, 6.45) is 14.1. The second kappa shape index (κ2) is 18.5. The topological polar surface area (TPSA) is 52.6 Å². The number of carbonyl (C=O) groups is 2. The number of rotatable bonds is 18. The van der Waals surface area contributed by atoms with E-state index in [0.29, 0.717) is 6.08 Å². The molecule has 0 N–H and O–H groups in total. The first kappa shape index (κ1) is 27.5. The summed E-state index contributed by atoms with van der Waals surface area (Å²) in [7, 11) is 0. The lowest BCUT2D eigenvalue weighted by Crippen LogP contribution is -2.19. The molecule has 0 heterocycles. The lowest BCUT2D eigenvalue weighted by atomic mass is 10.0. The minimum Gasteiger partial charge on any atom is -0.463 e. The van der Waals surface area contributed by atoms with Gasteiger partial charge in [0, 0.05) is 12.2 Å². The third-order valence-corrected chi connectivity index (χ3v) is 4.48. The monoisotopic (exact) mass is 422 g/mol. The van der Waals surface area contributed by atoms with Crippen LogP contribution in [-0.4, -0.2) is 31.3 Å². The Morgan fingerprint density at radius 2 is 1.03 bits per heavy atom. The number of esters is 2. The molecule has 0 aromatic carbocycles. The fourth-order valence-electron chi connectivity index (χ4n) is 2.85. The molecule has 4 nitrogen and oxygen atoms in total. The van der Waals surface area contributed by atoms with Crippen molar-refractivity contribution in [3.63, 3.8) is 0 Å². The van der Waals surface area contributed by atoms with Crippen LogP contribution in [0.25, 0.3) is 0 Å². The number of hydrogen-bond acceptors (Lipinski definition) is 4. The molecule has 0 aliphatic carbocycles. The van der Waals surface area contributed by atoms with E-state index in [1.807, 2.05) is 0 Å². The van der Waals surface area contributed by atoms with E-state index < -0.39 is 24.7 Å². The van der Waals surface area contributed by atoms with Gasteiger partial charge in [-0.2, -0.15) is 13.2 Å². The molecule has 29 heavy (non-hydrogen) atoms. The smallest absolute Gasteiger partial charge is 0.422 e. The Labute approximate surface area is 173 Å². The number of carbonyl (C=O) groups excluding carboxylic acids is 2. The Kier molecular flexibility index (Phi) is 17.5. The molecule has 0 aliphatic heterocycles. The highest BCUT2D eigenvalue weighted by Gasteiger charge is 2.29. The van der Waals surface area contributed by atoms with Gasteiger partial charge in [-0.1, -0.05) is 90.4 Å². The number of halogens is 3. The van der Waals surface area contributed by atoms with E-state index in [9.17, 15) is 22.8 Å². The Balaban J connectivity index is 3.38. The molecule has 0 unspecified atom stereocenters. The minimum atomic E-state index is -4.59. The van der Waals surface area contributed by atoms with E-state index in [1.165, 1.54) is 70.6 Å². The Morgan fingerprint density at radius 3 is 1.45 bits per heavy atom. The normalized spacial score (nSPS) is 11.7. The Morgan fingerprint density at radius 1 is 0.655 bits per heavy atom. The van der Waals surface area contributed by atoms with Crippen LogP contribution in [-0.2, 0) is 19.1 Å². The predicted molar refractivity (Wildman–Crippen MR) is 107 cm³/mol. The summed E-state index contributed by atoms with van der Waals surface area (Å²) in [6.45, 7) is 0.794. The molecule has 0 fully saturated rings. The zero-order chi connectivity index (χ0) is 21.8. The highest BCUT2D eigenvalue weighted by molar-refractivity contribution is 5.91. The van der Waals surface area contributed by atoms with Crippen molar-refractivity contribution in [2.24, 2.45) is 0 Å².